The van der Waals surface area contributed by atoms with Crippen LogP contribution in [-0.2, 0) is 6.42 Å². The predicted octanol–water partition coefficient (Wildman–Crippen LogP) is 3.27. The minimum Gasteiger partial charge on any atom is -0.353 e. The summed E-state index contributed by atoms with van der Waals surface area (Å²) >= 11 is 7.93. The van der Waals surface area contributed by atoms with Crippen LogP contribution in [0.2, 0.25) is 5.15 Å². The first-order valence-electron chi connectivity index (χ1n) is 6.44. The number of anilines is 1. The van der Waals surface area contributed by atoms with E-state index in [2.05, 4.69) is 33.2 Å². The van der Waals surface area contributed by atoms with Crippen molar-refractivity contribution >= 4 is 39.1 Å². The highest BCUT2D eigenvalue weighted by molar-refractivity contribution is 7.18. The van der Waals surface area contributed by atoms with Gasteiger partial charge in [0.1, 0.15) is 9.98 Å². The molecule has 0 bridgehead atoms. The van der Waals surface area contributed by atoms with E-state index in [4.69, 9.17) is 11.6 Å². The maximum atomic E-state index is 6.22. The summed E-state index contributed by atoms with van der Waals surface area (Å²) in [7, 11) is 4.07. The number of rotatable bonds is 6. The van der Waals surface area contributed by atoms with Gasteiger partial charge in [0.25, 0.3) is 0 Å². The molecule has 0 radical (unpaired) electrons. The van der Waals surface area contributed by atoms with Crippen LogP contribution in [0.1, 0.15) is 18.2 Å². The standard InChI is InChI=1S/C13H19ClN4S/c1-4-5-9-8-10-11(14)16-13(17-12(10)19-9)15-6-7-18(2)3/h8H,4-7H2,1-3H3,(H,15,16,17). The Labute approximate surface area is 122 Å². The van der Waals surface area contributed by atoms with E-state index in [0.29, 0.717) is 11.1 Å². The topological polar surface area (TPSA) is 41.1 Å². The molecule has 0 saturated carbocycles. The Hall–Kier alpha value is -0.910. The zero-order chi connectivity index (χ0) is 13.8. The van der Waals surface area contributed by atoms with Crippen LogP contribution < -0.4 is 5.32 Å². The summed E-state index contributed by atoms with van der Waals surface area (Å²) < 4.78 is 0. The Balaban J connectivity index is 2.17. The summed E-state index contributed by atoms with van der Waals surface area (Å²) in [6.45, 7) is 3.92. The molecular formula is C13H19ClN4S. The van der Waals surface area contributed by atoms with Crippen LogP contribution in [-0.4, -0.2) is 42.1 Å². The maximum absolute atomic E-state index is 6.22. The molecule has 0 aliphatic heterocycles. The molecule has 19 heavy (non-hydrogen) atoms. The van der Waals surface area contributed by atoms with Gasteiger partial charge in [0.05, 0.1) is 0 Å². The number of aryl methyl sites for hydroxylation is 1. The van der Waals surface area contributed by atoms with Crippen molar-refractivity contribution in [1.29, 1.82) is 0 Å². The highest BCUT2D eigenvalue weighted by Crippen LogP contribution is 2.30. The smallest absolute Gasteiger partial charge is 0.225 e. The van der Waals surface area contributed by atoms with Crippen LogP contribution in [0.15, 0.2) is 6.07 Å². The second-order valence-electron chi connectivity index (χ2n) is 4.75. The van der Waals surface area contributed by atoms with Gasteiger partial charge in [-0.2, -0.15) is 0 Å². The van der Waals surface area contributed by atoms with Gasteiger partial charge < -0.3 is 10.2 Å². The summed E-state index contributed by atoms with van der Waals surface area (Å²) in [5.41, 5.74) is 0. The fourth-order valence-corrected chi connectivity index (χ4v) is 3.19. The second-order valence-corrected chi connectivity index (χ2v) is 6.22. The van der Waals surface area contributed by atoms with Crippen molar-refractivity contribution in [2.75, 3.05) is 32.5 Å². The van der Waals surface area contributed by atoms with Crippen molar-refractivity contribution in [3.05, 3.63) is 16.1 Å². The zero-order valence-electron chi connectivity index (χ0n) is 11.5. The maximum Gasteiger partial charge on any atom is 0.225 e. The first-order chi connectivity index (χ1) is 9.10. The van der Waals surface area contributed by atoms with Crippen molar-refractivity contribution in [3.63, 3.8) is 0 Å². The first-order valence-corrected chi connectivity index (χ1v) is 7.64. The van der Waals surface area contributed by atoms with Gasteiger partial charge >= 0.3 is 0 Å². The van der Waals surface area contributed by atoms with Gasteiger partial charge in [-0.15, -0.1) is 11.3 Å². The molecule has 2 aromatic heterocycles. The fraction of sp³-hybridized carbons (Fsp3) is 0.538. The van der Waals surface area contributed by atoms with Crippen molar-refractivity contribution in [3.8, 4) is 0 Å². The molecule has 0 aliphatic rings. The van der Waals surface area contributed by atoms with Crippen molar-refractivity contribution in [1.82, 2.24) is 14.9 Å². The Morgan fingerprint density at radius 1 is 1.37 bits per heavy atom. The summed E-state index contributed by atoms with van der Waals surface area (Å²) in [5, 5.41) is 4.71. The molecule has 0 atom stereocenters. The van der Waals surface area contributed by atoms with Crippen molar-refractivity contribution in [2.24, 2.45) is 0 Å². The second kappa shape index (κ2) is 6.50. The van der Waals surface area contributed by atoms with Gasteiger partial charge in [0, 0.05) is 23.4 Å². The normalized spacial score (nSPS) is 11.4. The van der Waals surface area contributed by atoms with Crippen LogP contribution >= 0.6 is 22.9 Å². The quantitative estimate of drug-likeness (QED) is 0.831. The van der Waals surface area contributed by atoms with Gasteiger partial charge in [0.15, 0.2) is 0 Å². The molecule has 104 valence electrons. The molecule has 0 amide bonds. The van der Waals surface area contributed by atoms with E-state index in [1.54, 1.807) is 11.3 Å². The van der Waals surface area contributed by atoms with E-state index in [-0.39, 0.29) is 0 Å². The highest BCUT2D eigenvalue weighted by Gasteiger charge is 2.10. The van der Waals surface area contributed by atoms with E-state index < -0.39 is 0 Å². The number of nitrogens with zero attached hydrogens (tertiary/aromatic N) is 3. The lowest BCUT2D eigenvalue weighted by Gasteiger charge is -2.10. The van der Waals surface area contributed by atoms with E-state index in [1.807, 2.05) is 14.1 Å². The number of likely N-dealkylation sites (N-methyl/N-ethyl adjacent to an activating group) is 1. The Morgan fingerprint density at radius 2 is 2.16 bits per heavy atom. The van der Waals surface area contributed by atoms with E-state index >= 15 is 0 Å². The third-order valence-corrected chi connectivity index (χ3v) is 4.11. The molecule has 4 nitrogen and oxygen atoms in total. The molecular weight excluding hydrogens is 280 g/mol. The molecule has 2 rings (SSSR count). The number of halogens is 1. The summed E-state index contributed by atoms with van der Waals surface area (Å²) in [5.74, 6) is 0.615. The van der Waals surface area contributed by atoms with Gasteiger partial charge in [-0.1, -0.05) is 24.9 Å². The predicted molar refractivity (Wildman–Crippen MR) is 83.5 cm³/mol. The zero-order valence-corrected chi connectivity index (χ0v) is 13.1. The van der Waals surface area contributed by atoms with E-state index in [1.165, 1.54) is 4.88 Å². The third-order valence-electron chi connectivity index (χ3n) is 2.74. The summed E-state index contributed by atoms with van der Waals surface area (Å²) in [4.78, 5) is 13.2. The minimum absolute atomic E-state index is 0.538. The molecule has 0 unspecified atom stereocenters. The number of aromatic nitrogens is 2. The molecule has 0 fully saturated rings. The van der Waals surface area contributed by atoms with E-state index in [9.17, 15) is 0 Å². The lowest BCUT2D eigenvalue weighted by atomic mass is 10.3. The Morgan fingerprint density at radius 3 is 2.84 bits per heavy atom. The van der Waals surface area contributed by atoms with Gasteiger partial charge in [-0.25, -0.2) is 9.97 Å². The molecule has 6 heteroatoms. The number of thiophene rings is 1. The molecule has 0 saturated heterocycles. The molecule has 2 heterocycles. The van der Waals surface area contributed by atoms with Crippen LogP contribution in [0.25, 0.3) is 10.2 Å². The monoisotopic (exact) mass is 298 g/mol. The van der Waals surface area contributed by atoms with Crippen molar-refractivity contribution < 1.29 is 0 Å². The van der Waals surface area contributed by atoms with Gasteiger partial charge in [-0.3, -0.25) is 0 Å². The lowest BCUT2D eigenvalue weighted by Crippen LogP contribution is -2.21. The average Bonchev–Trinajstić information content (AvgIpc) is 2.72. The Bertz CT molecular complexity index is 553. The summed E-state index contributed by atoms with van der Waals surface area (Å²) in [6.07, 6.45) is 2.20. The Kier molecular flexibility index (Phi) is 4.96. The number of nitrogens with one attached hydrogen (secondary N) is 1. The lowest BCUT2D eigenvalue weighted by molar-refractivity contribution is 0.425. The van der Waals surface area contributed by atoms with Crippen LogP contribution in [0.5, 0.6) is 0 Å². The van der Waals surface area contributed by atoms with Crippen LogP contribution in [0.3, 0.4) is 0 Å². The average molecular weight is 299 g/mol. The number of fused-ring (bicyclic) bond motifs is 1. The molecule has 0 aliphatic carbocycles. The highest BCUT2D eigenvalue weighted by atomic mass is 35.5. The molecule has 1 N–H and O–H groups in total. The van der Waals surface area contributed by atoms with Crippen LogP contribution in [0, 0.1) is 0 Å². The largest absolute Gasteiger partial charge is 0.353 e. The van der Waals surface area contributed by atoms with E-state index in [0.717, 1.165) is 36.1 Å². The fourth-order valence-electron chi connectivity index (χ4n) is 1.78. The van der Waals surface area contributed by atoms with Gasteiger partial charge in [-0.05, 0) is 26.6 Å². The third kappa shape index (κ3) is 3.78. The first kappa shape index (κ1) is 14.5. The molecule has 0 aromatic carbocycles. The van der Waals surface area contributed by atoms with Crippen molar-refractivity contribution in [2.45, 2.75) is 19.8 Å². The minimum atomic E-state index is 0.538. The molecule has 2 aromatic rings. The number of hydrogen-bond donors (Lipinski definition) is 1. The van der Waals surface area contributed by atoms with Crippen LogP contribution in [0.4, 0.5) is 5.95 Å². The SMILES string of the molecule is CCCc1cc2c(Cl)nc(NCCN(C)C)nc2s1. The number of hydrogen-bond acceptors (Lipinski definition) is 5. The molecule has 0 spiro atoms. The summed E-state index contributed by atoms with van der Waals surface area (Å²) in [6, 6.07) is 2.11. The van der Waals surface area contributed by atoms with Gasteiger partial charge in [0.2, 0.25) is 5.95 Å².